The van der Waals surface area contributed by atoms with Crippen molar-refractivity contribution in [1.82, 2.24) is 5.43 Å². The van der Waals surface area contributed by atoms with Crippen LogP contribution in [0.2, 0.25) is 0 Å². The SMILES string of the molecule is CC1C/C(=N/NC(=O)O)CCO1. The third-order valence-electron chi connectivity index (χ3n) is 1.63. The van der Waals surface area contributed by atoms with Crippen LogP contribution in [0.3, 0.4) is 0 Å². The fourth-order valence-electron chi connectivity index (χ4n) is 1.10. The second-order valence-corrected chi connectivity index (χ2v) is 2.73. The number of carboxylic acid groups (broad SMARTS) is 1. The van der Waals surface area contributed by atoms with Crippen molar-refractivity contribution in [2.75, 3.05) is 6.61 Å². The lowest BCUT2D eigenvalue weighted by molar-refractivity contribution is 0.0631. The Bertz CT molecular complexity index is 203. The third kappa shape index (κ3) is 2.87. The highest BCUT2D eigenvalue weighted by Crippen LogP contribution is 2.09. The molecule has 1 aliphatic heterocycles. The van der Waals surface area contributed by atoms with Crippen LogP contribution < -0.4 is 5.43 Å². The number of hydrogen-bond acceptors (Lipinski definition) is 3. The van der Waals surface area contributed by atoms with Gasteiger partial charge in [-0.2, -0.15) is 5.10 Å². The summed E-state index contributed by atoms with van der Waals surface area (Å²) in [6, 6.07) is 0. The molecule has 12 heavy (non-hydrogen) atoms. The third-order valence-corrected chi connectivity index (χ3v) is 1.63. The van der Waals surface area contributed by atoms with Gasteiger partial charge in [-0.05, 0) is 6.92 Å². The van der Waals surface area contributed by atoms with Gasteiger partial charge in [-0.25, -0.2) is 10.2 Å². The van der Waals surface area contributed by atoms with Gasteiger partial charge < -0.3 is 9.84 Å². The van der Waals surface area contributed by atoms with E-state index in [9.17, 15) is 4.79 Å². The van der Waals surface area contributed by atoms with Crippen LogP contribution in [0.1, 0.15) is 19.8 Å². The molecule has 5 nitrogen and oxygen atoms in total. The average Bonchev–Trinajstić information content (AvgIpc) is 2.01. The monoisotopic (exact) mass is 172 g/mol. The Balaban J connectivity index is 2.39. The molecular weight excluding hydrogens is 160 g/mol. The van der Waals surface area contributed by atoms with Gasteiger partial charge in [0.1, 0.15) is 0 Å². The quantitative estimate of drug-likeness (QED) is 0.575. The maximum atomic E-state index is 10.1. The molecule has 0 aromatic carbocycles. The first-order valence-electron chi connectivity index (χ1n) is 3.84. The largest absolute Gasteiger partial charge is 0.464 e. The smallest absolute Gasteiger partial charge is 0.425 e. The molecule has 1 saturated heterocycles. The lowest BCUT2D eigenvalue weighted by Crippen LogP contribution is -2.26. The van der Waals surface area contributed by atoms with Crippen molar-refractivity contribution >= 4 is 11.8 Å². The minimum atomic E-state index is -1.12. The number of nitrogens with zero attached hydrogens (tertiary/aromatic N) is 1. The molecule has 0 aliphatic carbocycles. The summed E-state index contributed by atoms with van der Waals surface area (Å²) in [6.07, 6.45) is 0.444. The van der Waals surface area contributed by atoms with E-state index in [0.717, 1.165) is 5.71 Å². The van der Waals surface area contributed by atoms with Crippen LogP contribution in [0.5, 0.6) is 0 Å². The zero-order valence-corrected chi connectivity index (χ0v) is 6.91. The first kappa shape index (κ1) is 8.99. The normalized spacial score (nSPS) is 27.1. The second kappa shape index (κ2) is 4.06. The molecule has 1 unspecified atom stereocenters. The van der Waals surface area contributed by atoms with Gasteiger partial charge in [0.15, 0.2) is 0 Å². The van der Waals surface area contributed by atoms with E-state index in [1.54, 1.807) is 0 Å². The first-order chi connectivity index (χ1) is 5.68. The molecule has 0 aromatic rings. The minimum Gasteiger partial charge on any atom is -0.464 e. The molecule has 1 fully saturated rings. The summed E-state index contributed by atoms with van der Waals surface area (Å²) in [6.45, 7) is 2.57. The van der Waals surface area contributed by atoms with E-state index in [-0.39, 0.29) is 6.10 Å². The van der Waals surface area contributed by atoms with Crippen molar-refractivity contribution in [2.45, 2.75) is 25.9 Å². The lowest BCUT2D eigenvalue weighted by atomic mass is 10.1. The van der Waals surface area contributed by atoms with Gasteiger partial charge in [0.05, 0.1) is 12.7 Å². The lowest BCUT2D eigenvalue weighted by Gasteiger charge is -2.19. The van der Waals surface area contributed by atoms with Crippen molar-refractivity contribution in [3.8, 4) is 0 Å². The number of nitrogens with one attached hydrogen (secondary N) is 1. The fraction of sp³-hybridized carbons (Fsp3) is 0.714. The standard InChI is InChI=1S/C7H12N2O3/c1-5-4-6(2-3-12-5)8-9-7(10)11/h5,9H,2-4H2,1H3,(H,10,11)/b8-6+. The predicted octanol–water partition coefficient (Wildman–Crippen LogP) is 0.809. The molecule has 0 radical (unpaired) electrons. The summed E-state index contributed by atoms with van der Waals surface area (Å²) < 4.78 is 5.26. The van der Waals surface area contributed by atoms with Crippen LogP contribution in [0, 0.1) is 0 Å². The van der Waals surface area contributed by atoms with Crippen molar-refractivity contribution in [1.29, 1.82) is 0 Å². The van der Waals surface area contributed by atoms with Crippen LogP contribution in [-0.2, 0) is 4.74 Å². The van der Waals surface area contributed by atoms with Crippen molar-refractivity contribution < 1.29 is 14.6 Å². The summed E-state index contributed by atoms with van der Waals surface area (Å²) in [5.74, 6) is 0. The Labute approximate surface area is 70.4 Å². The summed E-state index contributed by atoms with van der Waals surface area (Å²) in [4.78, 5) is 10.1. The Morgan fingerprint density at radius 1 is 1.83 bits per heavy atom. The number of amides is 1. The average molecular weight is 172 g/mol. The Morgan fingerprint density at radius 2 is 2.58 bits per heavy atom. The van der Waals surface area contributed by atoms with Crippen molar-refractivity contribution in [2.24, 2.45) is 5.10 Å². The molecule has 0 spiro atoms. The number of carbonyl (C=O) groups is 1. The topological polar surface area (TPSA) is 70.9 Å². The molecule has 0 saturated carbocycles. The van der Waals surface area contributed by atoms with E-state index in [2.05, 4.69) is 5.10 Å². The van der Waals surface area contributed by atoms with Gasteiger partial charge in [0.2, 0.25) is 0 Å². The van der Waals surface area contributed by atoms with Crippen LogP contribution in [0.15, 0.2) is 5.10 Å². The molecule has 5 heteroatoms. The van der Waals surface area contributed by atoms with Crippen molar-refractivity contribution in [3.63, 3.8) is 0 Å². The van der Waals surface area contributed by atoms with E-state index in [1.807, 2.05) is 12.3 Å². The molecule has 1 amide bonds. The van der Waals surface area contributed by atoms with Gasteiger partial charge in [0.25, 0.3) is 0 Å². The molecule has 1 heterocycles. The van der Waals surface area contributed by atoms with E-state index >= 15 is 0 Å². The number of ether oxygens (including phenoxy) is 1. The molecule has 0 aromatic heterocycles. The molecular formula is C7H12N2O3. The molecule has 68 valence electrons. The van der Waals surface area contributed by atoms with E-state index in [1.165, 1.54) is 0 Å². The Kier molecular flexibility index (Phi) is 3.04. The maximum absolute atomic E-state index is 10.1. The predicted molar refractivity (Wildman–Crippen MR) is 43.2 cm³/mol. The molecule has 2 N–H and O–H groups in total. The zero-order chi connectivity index (χ0) is 8.97. The maximum Gasteiger partial charge on any atom is 0.425 e. The summed E-state index contributed by atoms with van der Waals surface area (Å²) in [7, 11) is 0. The Morgan fingerprint density at radius 3 is 3.17 bits per heavy atom. The molecule has 1 rings (SSSR count). The van der Waals surface area contributed by atoms with Gasteiger partial charge in [-0.15, -0.1) is 0 Å². The van der Waals surface area contributed by atoms with Gasteiger partial charge in [0, 0.05) is 18.6 Å². The van der Waals surface area contributed by atoms with Gasteiger partial charge >= 0.3 is 6.09 Å². The number of hydrogen-bond donors (Lipinski definition) is 2. The number of hydrazone groups is 1. The van der Waals surface area contributed by atoms with Gasteiger partial charge in [-0.3, -0.25) is 0 Å². The minimum absolute atomic E-state index is 0.146. The Hall–Kier alpha value is -1.10. The summed E-state index contributed by atoms with van der Waals surface area (Å²) in [5, 5.41) is 12.0. The first-order valence-corrected chi connectivity index (χ1v) is 3.84. The van der Waals surface area contributed by atoms with E-state index < -0.39 is 6.09 Å². The van der Waals surface area contributed by atoms with Crippen LogP contribution >= 0.6 is 0 Å². The highest BCUT2D eigenvalue weighted by Gasteiger charge is 2.14. The van der Waals surface area contributed by atoms with Crippen LogP contribution in [0.4, 0.5) is 4.79 Å². The number of rotatable bonds is 1. The summed E-state index contributed by atoms with van der Waals surface area (Å²) in [5.41, 5.74) is 2.84. The van der Waals surface area contributed by atoms with E-state index in [4.69, 9.17) is 9.84 Å². The molecule has 1 atom stereocenters. The highest BCUT2D eigenvalue weighted by molar-refractivity contribution is 5.86. The van der Waals surface area contributed by atoms with Crippen LogP contribution in [-0.4, -0.2) is 29.6 Å². The van der Waals surface area contributed by atoms with Gasteiger partial charge in [-0.1, -0.05) is 0 Å². The van der Waals surface area contributed by atoms with E-state index in [0.29, 0.717) is 19.4 Å². The van der Waals surface area contributed by atoms with Crippen LogP contribution in [0.25, 0.3) is 0 Å². The zero-order valence-electron chi connectivity index (χ0n) is 6.91. The second-order valence-electron chi connectivity index (χ2n) is 2.73. The molecule has 0 bridgehead atoms. The molecule has 1 aliphatic rings. The summed E-state index contributed by atoms with van der Waals surface area (Å²) >= 11 is 0. The highest BCUT2D eigenvalue weighted by atomic mass is 16.5. The fourth-order valence-corrected chi connectivity index (χ4v) is 1.10. The van der Waals surface area contributed by atoms with Crippen molar-refractivity contribution in [3.05, 3.63) is 0 Å².